The summed E-state index contributed by atoms with van der Waals surface area (Å²) in [5, 5.41) is 3.36. The van der Waals surface area contributed by atoms with Gasteiger partial charge in [-0.15, -0.1) is 0 Å². The fourth-order valence-electron chi connectivity index (χ4n) is 3.56. The Labute approximate surface area is 181 Å². The third kappa shape index (κ3) is 5.19. The first kappa shape index (κ1) is 22.3. The summed E-state index contributed by atoms with van der Waals surface area (Å²) in [4.78, 5) is 24.3. The number of piperidine rings is 1. The quantitative estimate of drug-likeness (QED) is 0.706. The highest BCUT2D eigenvalue weighted by Crippen LogP contribution is 2.25. The number of sulfonamides is 1. The Morgan fingerprint density at radius 2 is 1.90 bits per heavy atom. The smallest absolute Gasteiger partial charge is 0.249 e. The summed E-state index contributed by atoms with van der Waals surface area (Å²) in [6.07, 6.45) is 1.19. The van der Waals surface area contributed by atoms with Crippen LogP contribution in [0.5, 0.6) is 0 Å². The zero-order valence-corrected chi connectivity index (χ0v) is 18.2. The molecule has 7 nitrogen and oxygen atoms in total. The van der Waals surface area contributed by atoms with E-state index in [1.807, 2.05) is 0 Å². The molecule has 3 N–H and O–H groups in total. The van der Waals surface area contributed by atoms with Crippen molar-refractivity contribution in [1.29, 1.82) is 0 Å². The van der Waals surface area contributed by atoms with Gasteiger partial charge < -0.3 is 11.1 Å². The molecule has 0 saturated carbocycles. The first-order valence-corrected chi connectivity index (χ1v) is 11.6. The molecule has 9 heteroatoms. The minimum absolute atomic E-state index is 0.121. The summed E-state index contributed by atoms with van der Waals surface area (Å²) in [5.74, 6) is -1.46. The van der Waals surface area contributed by atoms with Crippen LogP contribution in [0, 0.1) is 12.8 Å². The highest BCUT2D eigenvalue weighted by Gasteiger charge is 2.32. The molecule has 0 aliphatic carbocycles. The van der Waals surface area contributed by atoms with Crippen molar-refractivity contribution in [1.82, 2.24) is 4.31 Å². The average Bonchev–Trinajstić information content (AvgIpc) is 2.71. The summed E-state index contributed by atoms with van der Waals surface area (Å²) in [6, 6.07) is 11.6. The topological polar surface area (TPSA) is 110 Å². The van der Waals surface area contributed by atoms with Gasteiger partial charge in [0.15, 0.2) is 0 Å². The fourth-order valence-corrected chi connectivity index (χ4v) is 5.30. The summed E-state index contributed by atoms with van der Waals surface area (Å²) < 4.78 is 27.1. The zero-order chi connectivity index (χ0) is 21.9. The molecule has 0 bridgehead atoms. The maximum Gasteiger partial charge on any atom is 0.249 e. The van der Waals surface area contributed by atoms with Gasteiger partial charge in [0.2, 0.25) is 21.8 Å². The largest absolute Gasteiger partial charge is 0.366 e. The second kappa shape index (κ2) is 9.16. The summed E-state index contributed by atoms with van der Waals surface area (Å²) in [6.45, 7) is 2.21. The average molecular weight is 450 g/mol. The third-order valence-electron chi connectivity index (χ3n) is 5.27. The van der Waals surface area contributed by atoms with Gasteiger partial charge in [-0.3, -0.25) is 9.59 Å². The monoisotopic (exact) mass is 449 g/mol. The molecule has 1 atom stereocenters. The van der Waals surface area contributed by atoms with Crippen molar-refractivity contribution in [3.8, 4) is 0 Å². The molecule has 160 valence electrons. The summed E-state index contributed by atoms with van der Waals surface area (Å²) in [7, 11) is -3.57. The normalized spacial score (nSPS) is 17.5. The molecule has 1 saturated heterocycles. The lowest BCUT2D eigenvalue weighted by Gasteiger charge is -2.31. The molecule has 3 rings (SSSR count). The molecule has 0 spiro atoms. The van der Waals surface area contributed by atoms with Crippen LogP contribution in [0.1, 0.15) is 34.3 Å². The van der Waals surface area contributed by atoms with Crippen LogP contribution in [0.15, 0.2) is 42.5 Å². The van der Waals surface area contributed by atoms with Gasteiger partial charge in [-0.05, 0) is 55.2 Å². The molecule has 0 radical (unpaired) electrons. The molecule has 2 amide bonds. The number of benzene rings is 2. The molecule has 2 aromatic carbocycles. The lowest BCUT2D eigenvalue weighted by molar-refractivity contribution is -0.120. The number of rotatable bonds is 6. The van der Waals surface area contributed by atoms with Gasteiger partial charge in [0, 0.05) is 29.4 Å². The second-order valence-electron chi connectivity index (χ2n) is 7.41. The Kier molecular flexibility index (Phi) is 6.80. The van der Waals surface area contributed by atoms with Crippen LogP contribution in [-0.4, -0.2) is 37.6 Å². The van der Waals surface area contributed by atoms with Crippen molar-refractivity contribution < 1.29 is 18.0 Å². The van der Waals surface area contributed by atoms with E-state index in [0.29, 0.717) is 46.8 Å². The first-order chi connectivity index (χ1) is 14.2. The molecular formula is C21H24ClN3O4S. The van der Waals surface area contributed by atoms with Crippen molar-refractivity contribution in [2.24, 2.45) is 11.7 Å². The lowest BCUT2D eigenvalue weighted by atomic mass is 9.98. The number of hydrogen-bond acceptors (Lipinski definition) is 4. The first-order valence-electron chi connectivity index (χ1n) is 9.60. The van der Waals surface area contributed by atoms with E-state index in [1.54, 1.807) is 49.4 Å². The number of hydrogen-bond donors (Lipinski definition) is 2. The molecular weight excluding hydrogens is 426 g/mol. The number of amides is 2. The van der Waals surface area contributed by atoms with E-state index in [9.17, 15) is 18.0 Å². The summed E-state index contributed by atoms with van der Waals surface area (Å²) >= 11 is 5.86. The van der Waals surface area contributed by atoms with Gasteiger partial charge in [0.05, 0.1) is 11.7 Å². The van der Waals surface area contributed by atoms with E-state index >= 15 is 0 Å². The van der Waals surface area contributed by atoms with Gasteiger partial charge in [-0.2, -0.15) is 0 Å². The van der Waals surface area contributed by atoms with E-state index in [4.69, 9.17) is 17.3 Å². The molecule has 1 fully saturated rings. The number of carbonyl (C=O) groups excluding carboxylic acids is 2. The molecule has 1 heterocycles. The number of anilines is 1. The van der Waals surface area contributed by atoms with E-state index < -0.39 is 21.8 Å². The van der Waals surface area contributed by atoms with E-state index in [-0.39, 0.29) is 18.2 Å². The number of primary amides is 1. The second-order valence-corrected chi connectivity index (χ2v) is 9.82. The van der Waals surface area contributed by atoms with Crippen LogP contribution in [0.25, 0.3) is 0 Å². The van der Waals surface area contributed by atoms with Gasteiger partial charge in [0.1, 0.15) is 0 Å². The Morgan fingerprint density at radius 1 is 1.20 bits per heavy atom. The van der Waals surface area contributed by atoms with Crippen molar-refractivity contribution in [2.45, 2.75) is 25.5 Å². The Balaban J connectivity index is 1.69. The van der Waals surface area contributed by atoms with E-state index in [0.717, 1.165) is 0 Å². The third-order valence-corrected chi connectivity index (χ3v) is 7.34. The van der Waals surface area contributed by atoms with Crippen molar-refractivity contribution in [3.05, 3.63) is 64.2 Å². The maximum absolute atomic E-state index is 12.8. The minimum Gasteiger partial charge on any atom is -0.366 e. The van der Waals surface area contributed by atoms with Crippen molar-refractivity contribution in [3.63, 3.8) is 0 Å². The van der Waals surface area contributed by atoms with Crippen LogP contribution < -0.4 is 11.1 Å². The van der Waals surface area contributed by atoms with Crippen LogP contribution >= 0.6 is 11.6 Å². The highest BCUT2D eigenvalue weighted by molar-refractivity contribution is 7.88. The van der Waals surface area contributed by atoms with Crippen molar-refractivity contribution in [2.75, 3.05) is 18.4 Å². The summed E-state index contributed by atoms with van der Waals surface area (Å²) in [5.41, 5.74) is 7.42. The minimum atomic E-state index is -3.57. The van der Waals surface area contributed by atoms with Crippen LogP contribution in [0.3, 0.4) is 0 Å². The molecule has 1 aliphatic heterocycles. The number of carbonyl (C=O) groups is 2. The Hall–Kier alpha value is -2.42. The number of nitrogens with one attached hydrogen (secondary N) is 1. The SMILES string of the molecule is Cc1c(NC(=O)C2CCCN(S(=O)(=O)Cc3ccc(Cl)cc3)C2)cccc1C(N)=O. The van der Waals surface area contributed by atoms with Crippen LogP contribution in [0.4, 0.5) is 5.69 Å². The fraction of sp³-hybridized carbons (Fsp3) is 0.333. The predicted molar refractivity (Wildman–Crippen MR) is 117 cm³/mol. The molecule has 1 aliphatic rings. The van der Waals surface area contributed by atoms with Gasteiger partial charge in [-0.1, -0.05) is 29.8 Å². The Morgan fingerprint density at radius 3 is 2.57 bits per heavy atom. The van der Waals surface area contributed by atoms with Gasteiger partial charge >= 0.3 is 0 Å². The number of nitrogens with zero attached hydrogens (tertiary/aromatic N) is 1. The highest BCUT2D eigenvalue weighted by atomic mass is 35.5. The predicted octanol–water partition coefficient (Wildman–Crippen LogP) is 2.93. The standard InChI is InChI=1S/C21H24ClN3O4S/c1-14-18(20(23)26)5-2-6-19(14)24-21(27)16-4-3-11-25(12-16)30(28,29)13-15-7-9-17(22)10-8-15/h2,5-10,16H,3-4,11-13H2,1H3,(H2,23,26)(H,24,27). The van der Waals surface area contributed by atoms with Gasteiger partial charge in [-0.25, -0.2) is 12.7 Å². The van der Waals surface area contributed by atoms with Gasteiger partial charge in [0.25, 0.3) is 0 Å². The maximum atomic E-state index is 12.8. The lowest BCUT2D eigenvalue weighted by Crippen LogP contribution is -2.44. The zero-order valence-electron chi connectivity index (χ0n) is 16.6. The molecule has 30 heavy (non-hydrogen) atoms. The van der Waals surface area contributed by atoms with Crippen LogP contribution in [0.2, 0.25) is 5.02 Å². The molecule has 2 aromatic rings. The Bertz CT molecular complexity index is 1050. The van der Waals surface area contributed by atoms with E-state index in [1.165, 1.54) is 4.31 Å². The van der Waals surface area contributed by atoms with Crippen molar-refractivity contribution >= 4 is 39.1 Å². The van der Waals surface area contributed by atoms with E-state index in [2.05, 4.69) is 5.32 Å². The molecule has 1 unspecified atom stereocenters. The van der Waals surface area contributed by atoms with Crippen LogP contribution in [-0.2, 0) is 20.6 Å². The number of halogens is 1. The molecule has 0 aromatic heterocycles. The number of nitrogens with two attached hydrogens (primary N) is 1.